The summed E-state index contributed by atoms with van der Waals surface area (Å²) in [7, 11) is 0. The summed E-state index contributed by atoms with van der Waals surface area (Å²) in [5, 5.41) is 0. The zero-order valence-corrected chi connectivity index (χ0v) is 8.84. The molecular weight excluding hydrogens is 150 g/mol. The molecule has 0 aliphatic rings. The van der Waals surface area contributed by atoms with Crippen molar-refractivity contribution < 1.29 is 4.74 Å². The van der Waals surface area contributed by atoms with Crippen LogP contribution < -0.4 is 5.73 Å². The van der Waals surface area contributed by atoms with Gasteiger partial charge in [-0.2, -0.15) is 0 Å². The molecule has 12 heavy (non-hydrogen) atoms. The molecule has 0 fully saturated rings. The zero-order valence-electron chi connectivity index (χ0n) is 8.84. The Morgan fingerprint density at radius 3 is 2.08 bits per heavy atom. The molecule has 2 nitrogen and oxygen atoms in total. The lowest BCUT2D eigenvalue weighted by molar-refractivity contribution is 0.0230. The van der Waals surface area contributed by atoms with Crippen molar-refractivity contribution in [1.29, 1.82) is 0 Å². The molecule has 1 atom stereocenters. The molecule has 0 bridgehead atoms. The monoisotopic (exact) mass is 173 g/mol. The van der Waals surface area contributed by atoms with Gasteiger partial charge in [-0.25, -0.2) is 0 Å². The lowest BCUT2D eigenvalue weighted by Gasteiger charge is -2.20. The summed E-state index contributed by atoms with van der Waals surface area (Å²) in [6.07, 6.45) is 1.37. The van der Waals surface area contributed by atoms with Crippen molar-refractivity contribution in [2.24, 2.45) is 17.6 Å². The Bertz CT molecular complexity index is 102. The van der Waals surface area contributed by atoms with Crippen molar-refractivity contribution in [3.63, 3.8) is 0 Å². The van der Waals surface area contributed by atoms with Gasteiger partial charge < -0.3 is 10.5 Å². The van der Waals surface area contributed by atoms with Crippen molar-refractivity contribution in [1.82, 2.24) is 0 Å². The molecule has 0 aliphatic carbocycles. The average Bonchev–Trinajstić information content (AvgIpc) is 1.96. The average molecular weight is 173 g/mol. The van der Waals surface area contributed by atoms with Gasteiger partial charge in [0, 0.05) is 13.2 Å². The van der Waals surface area contributed by atoms with Crippen LogP contribution in [-0.4, -0.2) is 19.3 Å². The van der Waals surface area contributed by atoms with E-state index in [4.69, 9.17) is 10.5 Å². The molecule has 0 spiro atoms. The predicted octanol–water partition coefficient (Wildman–Crippen LogP) is 2.03. The molecule has 1 unspecified atom stereocenters. The minimum Gasteiger partial charge on any atom is -0.377 e. The van der Waals surface area contributed by atoms with Crippen LogP contribution in [0.3, 0.4) is 0 Å². The number of nitrogens with two attached hydrogens (primary N) is 1. The third-order valence-corrected chi connectivity index (χ3v) is 2.00. The van der Waals surface area contributed by atoms with Gasteiger partial charge in [0.15, 0.2) is 0 Å². The summed E-state index contributed by atoms with van der Waals surface area (Å²) < 4.78 is 5.64. The van der Waals surface area contributed by atoms with Crippen LogP contribution in [0.2, 0.25) is 0 Å². The van der Waals surface area contributed by atoms with Crippen LogP contribution in [0.4, 0.5) is 0 Å². The molecule has 0 amide bonds. The Kier molecular flexibility index (Phi) is 6.39. The predicted molar refractivity (Wildman–Crippen MR) is 53.1 cm³/mol. The first-order valence-electron chi connectivity index (χ1n) is 4.89. The van der Waals surface area contributed by atoms with E-state index < -0.39 is 0 Å². The summed E-state index contributed by atoms with van der Waals surface area (Å²) in [6.45, 7) is 10.2. The maximum absolute atomic E-state index is 5.64. The van der Waals surface area contributed by atoms with E-state index >= 15 is 0 Å². The third kappa shape index (κ3) is 5.56. The molecule has 0 aromatic carbocycles. The van der Waals surface area contributed by atoms with Gasteiger partial charge in [-0.1, -0.05) is 27.7 Å². The summed E-state index contributed by atoms with van der Waals surface area (Å²) in [6, 6.07) is 0. The van der Waals surface area contributed by atoms with E-state index in [1.54, 1.807) is 0 Å². The van der Waals surface area contributed by atoms with E-state index in [2.05, 4.69) is 27.7 Å². The molecule has 0 aliphatic heterocycles. The van der Waals surface area contributed by atoms with Gasteiger partial charge in [0.1, 0.15) is 0 Å². The van der Waals surface area contributed by atoms with Crippen LogP contribution in [0.5, 0.6) is 0 Å². The van der Waals surface area contributed by atoms with Crippen molar-refractivity contribution in [2.75, 3.05) is 13.2 Å². The highest BCUT2D eigenvalue weighted by Gasteiger charge is 2.11. The number of hydrogen-bond acceptors (Lipinski definition) is 2. The van der Waals surface area contributed by atoms with Crippen LogP contribution in [-0.2, 0) is 4.74 Å². The molecule has 0 saturated carbocycles. The van der Waals surface area contributed by atoms with E-state index in [9.17, 15) is 0 Å². The fourth-order valence-corrected chi connectivity index (χ4v) is 0.988. The Balaban J connectivity index is 3.45. The number of ether oxygens (including phenoxy) is 1. The molecule has 74 valence electrons. The maximum Gasteiger partial charge on any atom is 0.0720 e. The molecule has 2 N–H and O–H groups in total. The van der Waals surface area contributed by atoms with Crippen LogP contribution in [0, 0.1) is 11.8 Å². The van der Waals surface area contributed by atoms with Crippen molar-refractivity contribution in [3.8, 4) is 0 Å². The fourth-order valence-electron chi connectivity index (χ4n) is 0.988. The fraction of sp³-hybridized carbons (Fsp3) is 1.00. The topological polar surface area (TPSA) is 35.2 Å². The minimum atomic E-state index is 0.240. The lowest BCUT2D eigenvalue weighted by atomic mass is 10.1. The van der Waals surface area contributed by atoms with Crippen LogP contribution in [0.25, 0.3) is 0 Å². The minimum absolute atomic E-state index is 0.240. The van der Waals surface area contributed by atoms with Gasteiger partial charge in [-0.15, -0.1) is 0 Å². The highest BCUT2D eigenvalue weighted by atomic mass is 16.5. The van der Waals surface area contributed by atoms with Gasteiger partial charge in [-0.05, 0) is 18.3 Å². The molecular formula is C10H23NO. The Morgan fingerprint density at radius 1 is 1.17 bits per heavy atom. The molecule has 0 rings (SSSR count). The third-order valence-electron chi connectivity index (χ3n) is 2.00. The highest BCUT2D eigenvalue weighted by molar-refractivity contribution is 4.62. The summed E-state index contributed by atoms with van der Waals surface area (Å²) in [4.78, 5) is 0. The van der Waals surface area contributed by atoms with Crippen LogP contribution in [0.15, 0.2) is 0 Å². The van der Waals surface area contributed by atoms with Crippen molar-refractivity contribution in [3.05, 3.63) is 0 Å². The molecule has 0 saturated heterocycles. The second-order valence-electron chi connectivity index (χ2n) is 4.07. The SMILES string of the molecule is CC(C)CCOC(CN)C(C)C. The van der Waals surface area contributed by atoms with Gasteiger partial charge in [0.05, 0.1) is 6.10 Å². The first-order chi connectivity index (χ1) is 5.57. The Hall–Kier alpha value is -0.0800. The quantitative estimate of drug-likeness (QED) is 0.667. The van der Waals surface area contributed by atoms with E-state index in [1.807, 2.05) is 0 Å². The second kappa shape index (κ2) is 6.44. The number of rotatable bonds is 6. The normalized spacial score (nSPS) is 14.2. The van der Waals surface area contributed by atoms with E-state index in [-0.39, 0.29) is 6.10 Å². The van der Waals surface area contributed by atoms with Gasteiger partial charge in [0.2, 0.25) is 0 Å². The van der Waals surface area contributed by atoms with Crippen LogP contribution in [0.1, 0.15) is 34.1 Å². The van der Waals surface area contributed by atoms with Gasteiger partial charge in [-0.3, -0.25) is 0 Å². The molecule has 0 radical (unpaired) electrons. The van der Waals surface area contributed by atoms with E-state index in [0.29, 0.717) is 12.5 Å². The van der Waals surface area contributed by atoms with E-state index in [0.717, 1.165) is 18.9 Å². The largest absolute Gasteiger partial charge is 0.377 e. The molecule has 0 heterocycles. The summed E-state index contributed by atoms with van der Waals surface area (Å²) >= 11 is 0. The summed E-state index contributed by atoms with van der Waals surface area (Å²) in [5.74, 6) is 1.25. The molecule has 2 heteroatoms. The first-order valence-corrected chi connectivity index (χ1v) is 4.89. The van der Waals surface area contributed by atoms with E-state index in [1.165, 1.54) is 0 Å². The van der Waals surface area contributed by atoms with Gasteiger partial charge >= 0.3 is 0 Å². The molecule has 0 aromatic rings. The summed E-state index contributed by atoms with van der Waals surface area (Å²) in [5.41, 5.74) is 5.57. The zero-order chi connectivity index (χ0) is 9.56. The Labute approximate surface area is 76.5 Å². The number of hydrogen-bond donors (Lipinski definition) is 1. The van der Waals surface area contributed by atoms with Crippen molar-refractivity contribution >= 4 is 0 Å². The van der Waals surface area contributed by atoms with Crippen molar-refractivity contribution in [2.45, 2.75) is 40.2 Å². The maximum atomic E-state index is 5.64. The standard InChI is InChI=1S/C10H23NO/c1-8(2)5-6-12-10(7-11)9(3)4/h8-10H,5-7,11H2,1-4H3. The van der Waals surface area contributed by atoms with Crippen LogP contribution >= 0.6 is 0 Å². The van der Waals surface area contributed by atoms with Gasteiger partial charge in [0.25, 0.3) is 0 Å². The second-order valence-corrected chi connectivity index (χ2v) is 4.07. The smallest absolute Gasteiger partial charge is 0.0720 e. The molecule has 0 aromatic heterocycles. The first kappa shape index (κ1) is 11.9. The highest BCUT2D eigenvalue weighted by Crippen LogP contribution is 2.07. The lowest BCUT2D eigenvalue weighted by Crippen LogP contribution is -2.29. The Morgan fingerprint density at radius 2 is 1.75 bits per heavy atom.